The van der Waals surface area contributed by atoms with E-state index in [1.807, 2.05) is 24.3 Å². The van der Waals surface area contributed by atoms with Crippen LogP contribution in [0.5, 0.6) is 0 Å². The second-order valence-electron chi connectivity index (χ2n) is 4.04. The Morgan fingerprint density at radius 1 is 1.42 bits per heavy atom. The van der Waals surface area contributed by atoms with E-state index in [2.05, 4.69) is 9.97 Å². The minimum Gasteiger partial charge on any atom is -0.480 e. The molecule has 0 saturated heterocycles. The number of benzene rings is 1. The SMILES string of the molecule is COCCN(CC(=O)O)c1ncc2ccccc2n1. The van der Waals surface area contributed by atoms with Crippen molar-refractivity contribution in [2.75, 3.05) is 31.7 Å². The summed E-state index contributed by atoms with van der Waals surface area (Å²) in [6.07, 6.45) is 1.69. The Morgan fingerprint density at radius 3 is 2.95 bits per heavy atom. The van der Waals surface area contributed by atoms with Crippen LogP contribution in [0.3, 0.4) is 0 Å². The van der Waals surface area contributed by atoms with Crippen LogP contribution in [0.1, 0.15) is 0 Å². The minimum atomic E-state index is -0.923. The fourth-order valence-electron chi connectivity index (χ4n) is 1.73. The molecule has 1 N–H and O–H groups in total. The predicted molar refractivity (Wildman–Crippen MR) is 71.3 cm³/mol. The first-order chi connectivity index (χ1) is 9.20. The van der Waals surface area contributed by atoms with E-state index < -0.39 is 5.97 Å². The molecule has 0 saturated carbocycles. The quantitative estimate of drug-likeness (QED) is 0.841. The largest absolute Gasteiger partial charge is 0.480 e. The third-order valence-corrected chi connectivity index (χ3v) is 2.65. The number of methoxy groups -OCH3 is 1. The van der Waals surface area contributed by atoms with E-state index >= 15 is 0 Å². The number of hydrogen-bond acceptors (Lipinski definition) is 5. The number of ether oxygens (including phenoxy) is 1. The number of hydrogen-bond donors (Lipinski definition) is 1. The molecule has 0 atom stereocenters. The summed E-state index contributed by atoms with van der Waals surface area (Å²) in [7, 11) is 1.57. The van der Waals surface area contributed by atoms with Gasteiger partial charge in [0.15, 0.2) is 0 Å². The highest BCUT2D eigenvalue weighted by molar-refractivity contribution is 5.79. The molecule has 100 valence electrons. The van der Waals surface area contributed by atoms with Gasteiger partial charge < -0.3 is 14.7 Å². The van der Waals surface area contributed by atoms with Gasteiger partial charge in [0.1, 0.15) is 6.54 Å². The van der Waals surface area contributed by atoms with Gasteiger partial charge in [-0.2, -0.15) is 0 Å². The molecule has 0 aliphatic heterocycles. The molecular weight excluding hydrogens is 246 g/mol. The van der Waals surface area contributed by atoms with Crippen LogP contribution in [-0.2, 0) is 9.53 Å². The lowest BCUT2D eigenvalue weighted by molar-refractivity contribution is -0.135. The zero-order valence-corrected chi connectivity index (χ0v) is 10.6. The Hall–Kier alpha value is -2.21. The van der Waals surface area contributed by atoms with Gasteiger partial charge in [-0.15, -0.1) is 0 Å². The molecule has 0 radical (unpaired) electrons. The predicted octanol–water partition coefficient (Wildman–Crippen LogP) is 1.17. The third-order valence-electron chi connectivity index (χ3n) is 2.65. The molecule has 0 aliphatic rings. The molecule has 0 spiro atoms. The second-order valence-corrected chi connectivity index (χ2v) is 4.04. The number of carbonyl (C=O) groups is 1. The molecule has 0 aliphatic carbocycles. The first-order valence-electron chi connectivity index (χ1n) is 5.88. The zero-order valence-electron chi connectivity index (χ0n) is 10.6. The Labute approximate surface area is 110 Å². The molecule has 0 amide bonds. The van der Waals surface area contributed by atoms with Crippen LogP contribution in [0.15, 0.2) is 30.5 Å². The zero-order chi connectivity index (χ0) is 13.7. The van der Waals surface area contributed by atoms with Crippen LogP contribution in [0, 0.1) is 0 Å². The second kappa shape index (κ2) is 6.10. The number of carboxylic acids is 1. The van der Waals surface area contributed by atoms with Crippen molar-refractivity contribution in [2.24, 2.45) is 0 Å². The van der Waals surface area contributed by atoms with Crippen molar-refractivity contribution in [1.29, 1.82) is 0 Å². The van der Waals surface area contributed by atoms with Crippen molar-refractivity contribution in [3.63, 3.8) is 0 Å². The molecule has 0 bridgehead atoms. The number of rotatable bonds is 6. The molecule has 1 aromatic carbocycles. The van der Waals surface area contributed by atoms with E-state index in [4.69, 9.17) is 9.84 Å². The third kappa shape index (κ3) is 3.38. The summed E-state index contributed by atoms with van der Waals surface area (Å²) in [5.74, 6) is -0.522. The van der Waals surface area contributed by atoms with Crippen LogP contribution in [0.25, 0.3) is 10.9 Å². The molecule has 0 fully saturated rings. The average molecular weight is 261 g/mol. The van der Waals surface area contributed by atoms with Gasteiger partial charge in [0, 0.05) is 25.2 Å². The standard InChI is InChI=1S/C13H15N3O3/c1-19-7-6-16(9-12(17)18)13-14-8-10-4-2-3-5-11(10)15-13/h2-5,8H,6-7,9H2,1H3,(H,17,18). The maximum absolute atomic E-state index is 10.9. The lowest BCUT2D eigenvalue weighted by Crippen LogP contribution is -2.34. The van der Waals surface area contributed by atoms with Crippen molar-refractivity contribution in [3.05, 3.63) is 30.5 Å². The first-order valence-corrected chi connectivity index (χ1v) is 5.88. The maximum Gasteiger partial charge on any atom is 0.323 e. The lowest BCUT2D eigenvalue weighted by Gasteiger charge is -2.20. The number of fused-ring (bicyclic) bond motifs is 1. The van der Waals surface area contributed by atoms with Crippen molar-refractivity contribution < 1.29 is 14.6 Å². The van der Waals surface area contributed by atoms with Crippen LogP contribution in [0.4, 0.5) is 5.95 Å². The van der Waals surface area contributed by atoms with E-state index in [0.29, 0.717) is 19.1 Å². The Morgan fingerprint density at radius 2 is 2.21 bits per heavy atom. The van der Waals surface area contributed by atoms with Gasteiger partial charge in [0.2, 0.25) is 5.95 Å². The van der Waals surface area contributed by atoms with Crippen LogP contribution < -0.4 is 4.90 Å². The molecule has 6 heteroatoms. The minimum absolute atomic E-state index is 0.151. The van der Waals surface area contributed by atoms with Crippen molar-refractivity contribution in [2.45, 2.75) is 0 Å². The highest BCUT2D eigenvalue weighted by Crippen LogP contribution is 2.14. The van der Waals surface area contributed by atoms with Gasteiger partial charge in [0.25, 0.3) is 0 Å². The van der Waals surface area contributed by atoms with Crippen molar-refractivity contribution in [1.82, 2.24) is 9.97 Å². The number of nitrogens with zero attached hydrogens (tertiary/aromatic N) is 3. The average Bonchev–Trinajstić information content (AvgIpc) is 2.42. The summed E-state index contributed by atoms with van der Waals surface area (Å²) in [6, 6.07) is 7.58. The number of carboxylic acid groups (broad SMARTS) is 1. The molecular formula is C13H15N3O3. The van der Waals surface area contributed by atoms with Crippen molar-refractivity contribution >= 4 is 22.8 Å². The molecule has 0 unspecified atom stereocenters. The van der Waals surface area contributed by atoms with Crippen LogP contribution in [0.2, 0.25) is 0 Å². The summed E-state index contributed by atoms with van der Waals surface area (Å²) in [5.41, 5.74) is 0.792. The van der Waals surface area contributed by atoms with E-state index in [0.717, 1.165) is 10.9 Å². The van der Waals surface area contributed by atoms with E-state index in [1.54, 1.807) is 18.2 Å². The molecule has 2 rings (SSSR count). The van der Waals surface area contributed by atoms with Gasteiger partial charge in [-0.1, -0.05) is 18.2 Å². The number of aliphatic carboxylic acids is 1. The number of aromatic nitrogens is 2. The van der Waals surface area contributed by atoms with Gasteiger partial charge in [-0.05, 0) is 6.07 Å². The van der Waals surface area contributed by atoms with Crippen LogP contribution >= 0.6 is 0 Å². The topological polar surface area (TPSA) is 75.5 Å². The molecule has 19 heavy (non-hydrogen) atoms. The van der Waals surface area contributed by atoms with Gasteiger partial charge in [-0.3, -0.25) is 4.79 Å². The number of para-hydroxylation sites is 1. The Bertz CT molecular complexity index is 574. The summed E-state index contributed by atoms with van der Waals surface area (Å²) >= 11 is 0. The fraction of sp³-hybridized carbons (Fsp3) is 0.308. The molecule has 2 aromatic rings. The van der Waals surface area contributed by atoms with Gasteiger partial charge in [0.05, 0.1) is 12.1 Å². The molecule has 1 heterocycles. The van der Waals surface area contributed by atoms with E-state index in [-0.39, 0.29) is 6.54 Å². The van der Waals surface area contributed by atoms with Gasteiger partial charge >= 0.3 is 5.97 Å². The monoisotopic (exact) mass is 261 g/mol. The normalized spacial score (nSPS) is 10.6. The molecule has 1 aromatic heterocycles. The number of anilines is 1. The summed E-state index contributed by atoms with van der Waals surface area (Å²) < 4.78 is 4.97. The highest BCUT2D eigenvalue weighted by Gasteiger charge is 2.13. The highest BCUT2D eigenvalue weighted by atomic mass is 16.5. The first kappa shape index (κ1) is 13.2. The molecule has 6 nitrogen and oxygen atoms in total. The smallest absolute Gasteiger partial charge is 0.323 e. The fourth-order valence-corrected chi connectivity index (χ4v) is 1.73. The van der Waals surface area contributed by atoms with E-state index in [1.165, 1.54) is 0 Å². The maximum atomic E-state index is 10.9. The van der Waals surface area contributed by atoms with Crippen molar-refractivity contribution in [3.8, 4) is 0 Å². The Balaban J connectivity index is 2.29. The van der Waals surface area contributed by atoms with Crippen LogP contribution in [-0.4, -0.2) is 47.8 Å². The van der Waals surface area contributed by atoms with Gasteiger partial charge in [-0.25, -0.2) is 9.97 Å². The summed E-state index contributed by atoms with van der Waals surface area (Å²) in [4.78, 5) is 21.0. The summed E-state index contributed by atoms with van der Waals surface area (Å²) in [5, 5.41) is 9.84. The van der Waals surface area contributed by atoms with E-state index in [9.17, 15) is 4.79 Å². The Kier molecular flexibility index (Phi) is 4.25. The lowest BCUT2D eigenvalue weighted by atomic mass is 10.2. The summed E-state index contributed by atoms with van der Waals surface area (Å²) in [6.45, 7) is 0.701.